The largest absolute Gasteiger partial charge is 0.342 e. The summed E-state index contributed by atoms with van der Waals surface area (Å²) in [6.07, 6.45) is 2.80. The predicted octanol–water partition coefficient (Wildman–Crippen LogP) is 3.01. The molecule has 0 unspecified atom stereocenters. The third-order valence-corrected chi connectivity index (χ3v) is 5.31. The number of H-pyrrole nitrogens is 1. The Bertz CT molecular complexity index is 685. The number of carbonyl (C=O) groups is 1. The van der Waals surface area contributed by atoms with Gasteiger partial charge in [-0.3, -0.25) is 0 Å². The van der Waals surface area contributed by atoms with E-state index in [0.717, 1.165) is 49.2 Å². The highest BCUT2D eigenvalue weighted by Gasteiger charge is 2.23. The first-order valence-corrected chi connectivity index (χ1v) is 9.80. The van der Waals surface area contributed by atoms with Crippen LogP contribution in [0.4, 0.5) is 4.79 Å². The van der Waals surface area contributed by atoms with Crippen LogP contribution >= 0.6 is 0 Å². The van der Waals surface area contributed by atoms with E-state index in [0.29, 0.717) is 19.1 Å². The second-order valence-corrected chi connectivity index (χ2v) is 7.38. The summed E-state index contributed by atoms with van der Waals surface area (Å²) in [5.41, 5.74) is 2.03. The number of imidazole rings is 1. The fourth-order valence-electron chi connectivity index (χ4n) is 3.59. The van der Waals surface area contributed by atoms with E-state index in [2.05, 4.69) is 34.0 Å². The van der Waals surface area contributed by atoms with Crippen molar-refractivity contribution in [1.82, 2.24) is 25.1 Å². The molecule has 1 aliphatic rings. The van der Waals surface area contributed by atoms with Crippen molar-refractivity contribution < 1.29 is 4.79 Å². The van der Waals surface area contributed by atoms with Crippen LogP contribution in [0.25, 0.3) is 11.0 Å². The number of amides is 2. The number of nitrogens with zero attached hydrogens (tertiary/aromatic N) is 3. The molecule has 6 nitrogen and oxygen atoms in total. The zero-order chi connectivity index (χ0) is 18.5. The predicted molar refractivity (Wildman–Crippen MR) is 105 cm³/mol. The molecule has 1 aromatic carbocycles. The number of rotatable bonds is 6. The summed E-state index contributed by atoms with van der Waals surface area (Å²) in [4.78, 5) is 24.9. The van der Waals surface area contributed by atoms with Gasteiger partial charge in [-0.1, -0.05) is 12.1 Å². The molecule has 0 aliphatic carbocycles. The highest BCUT2D eigenvalue weighted by Crippen LogP contribution is 2.14. The number of carbonyl (C=O) groups excluding carboxylic acids is 1. The Labute approximate surface area is 156 Å². The number of hydrogen-bond acceptors (Lipinski definition) is 3. The van der Waals surface area contributed by atoms with Crippen LogP contribution in [0.2, 0.25) is 0 Å². The maximum atomic E-state index is 12.6. The number of aromatic nitrogens is 2. The standard InChI is InChI=1S/C20H31N5O/c1-4-24(14-11-19-22-17-7-5-6-8-18(17)23-19)20(26)21-16-9-12-25(13-10-16)15(2)3/h5-8,15-16H,4,9-14H2,1-3H3,(H,21,26)(H,22,23). The molecule has 1 saturated heterocycles. The van der Waals surface area contributed by atoms with Crippen LogP contribution < -0.4 is 5.32 Å². The van der Waals surface area contributed by atoms with Crippen LogP contribution in [0.1, 0.15) is 39.4 Å². The average Bonchev–Trinajstić information content (AvgIpc) is 3.05. The van der Waals surface area contributed by atoms with Gasteiger partial charge in [0.15, 0.2) is 0 Å². The van der Waals surface area contributed by atoms with Crippen LogP contribution in [-0.2, 0) is 6.42 Å². The summed E-state index contributed by atoms with van der Waals surface area (Å²) in [5.74, 6) is 0.933. The zero-order valence-corrected chi connectivity index (χ0v) is 16.2. The summed E-state index contributed by atoms with van der Waals surface area (Å²) in [5, 5.41) is 3.22. The van der Waals surface area contributed by atoms with Crippen LogP contribution in [0.3, 0.4) is 0 Å². The monoisotopic (exact) mass is 357 g/mol. The Morgan fingerprint density at radius 3 is 2.73 bits per heavy atom. The Kier molecular flexibility index (Phi) is 6.14. The molecule has 0 saturated carbocycles. The molecule has 1 aromatic heterocycles. The minimum Gasteiger partial charge on any atom is -0.342 e. The van der Waals surface area contributed by atoms with Gasteiger partial charge < -0.3 is 20.1 Å². The number of para-hydroxylation sites is 2. The lowest BCUT2D eigenvalue weighted by Crippen LogP contribution is -2.50. The number of piperidine rings is 1. The molecule has 1 fully saturated rings. The lowest BCUT2D eigenvalue weighted by molar-refractivity contribution is 0.153. The number of likely N-dealkylation sites (tertiary alicyclic amines) is 1. The number of nitrogens with one attached hydrogen (secondary N) is 2. The first kappa shape index (κ1) is 18.7. The molecule has 0 atom stereocenters. The Balaban J connectivity index is 1.49. The van der Waals surface area contributed by atoms with Crippen molar-refractivity contribution in [3.05, 3.63) is 30.1 Å². The number of urea groups is 1. The molecule has 2 N–H and O–H groups in total. The van der Waals surface area contributed by atoms with Gasteiger partial charge in [0, 0.05) is 44.7 Å². The smallest absolute Gasteiger partial charge is 0.317 e. The molecular weight excluding hydrogens is 326 g/mol. The van der Waals surface area contributed by atoms with E-state index in [1.54, 1.807) is 0 Å². The van der Waals surface area contributed by atoms with E-state index in [-0.39, 0.29) is 12.1 Å². The van der Waals surface area contributed by atoms with Gasteiger partial charge in [0.25, 0.3) is 0 Å². The van der Waals surface area contributed by atoms with E-state index >= 15 is 0 Å². The highest BCUT2D eigenvalue weighted by atomic mass is 16.2. The molecule has 1 aliphatic heterocycles. The van der Waals surface area contributed by atoms with Crippen molar-refractivity contribution >= 4 is 17.1 Å². The van der Waals surface area contributed by atoms with Crippen LogP contribution in [0.5, 0.6) is 0 Å². The number of likely N-dealkylation sites (N-methyl/N-ethyl adjacent to an activating group) is 1. The lowest BCUT2D eigenvalue weighted by atomic mass is 10.0. The van der Waals surface area contributed by atoms with Crippen molar-refractivity contribution in [1.29, 1.82) is 0 Å². The molecule has 0 radical (unpaired) electrons. The maximum Gasteiger partial charge on any atom is 0.317 e. The molecule has 26 heavy (non-hydrogen) atoms. The van der Waals surface area contributed by atoms with Gasteiger partial charge in [-0.05, 0) is 45.7 Å². The lowest BCUT2D eigenvalue weighted by Gasteiger charge is -2.35. The van der Waals surface area contributed by atoms with E-state index in [9.17, 15) is 4.79 Å². The van der Waals surface area contributed by atoms with Crippen LogP contribution in [-0.4, -0.2) is 64.1 Å². The SMILES string of the molecule is CCN(CCc1nc2ccccc2[nH]1)C(=O)NC1CCN(C(C)C)CC1. The Morgan fingerprint density at radius 1 is 1.35 bits per heavy atom. The molecular formula is C20H31N5O. The molecule has 0 bridgehead atoms. The normalized spacial score (nSPS) is 16.3. The second kappa shape index (κ2) is 8.54. The second-order valence-electron chi connectivity index (χ2n) is 7.38. The van der Waals surface area contributed by atoms with Crippen molar-refractivity contribution in [2.75, 3.05) is 26.2 Å². The summed E-state index contributed by atoms with van der Waals surface area (Å²) in [7, 11) is 0. The summed E-state index contributed by atoms with van der Waals surface area (Å²) >= 11 is 0. The third-order valence-electron chi connectivity index (χ3n) is 5.31. The van der Waals surface area contributed by atoms with Gasteiger partial charge in [0.05, 0.1) is 11.0 Å². The third kappa shape index (κ3) is 4.55. The van der Waals surface area contributed by atoms with Crippen molar-refractivity contribution in [2.24, 2.45) is 0 Å². The van der Waals surface area contributed by atoms with Crippen molar-refractivity contribution in [3.8, 4) is 0 Å². The zero-order valence-electron chi connectivity index (χ0n) is 16.2. The van der Waals surface area contributed by atoms with Gasteiger partial charge in [-0.2, -0.15) is 0 Å². The first-order chi connectivity index (χ1) is 12.6. The first-order valence-electron chi connectivity index (χ1n) is 9.80. The topological polar surface area (TPSA) is 64.3 Å². The average molecular weight is 358 g/mol. The minimum atomic E-state index is 0.0478. The number of hydrogen-bond donors (Lipinski definition) is 2. The molecule has 3 rings (SSSR count). The van der Waals surface area contributed by atoms with Gasteiger partial charge in [0.1, 0.15) is 5.82 Å². The van der Waals surface area contributed by atoms with Crippen molar-refractivity contribution in [3.63, 3.8) is 0 Å². The fraction of sp³-hybridized carbons (Fsp3) is 0.600. The van der Waals surface area contributed by atoms with E-state index in [1.165, 1.54) is 0 Å². The van der Waals surface area contributed by atoms with Crippen LogP contribution in [0.15, 0.2) is 24.3 Å². The van der Waals surface area contributed by atoms with Gasteiger partial charge >= 0.3 is 6.03 Å². The summed E-state index contributed by atoms with van der Waals surface area (Å²) in [6.45, 7) is 10.00. The Morgan fingerprint density at radius 2 is 2.08 bits per heavy atom. The van der Waals surface area contributed by atoms with Gasteiger partial charge in [0.2, 0.25) is 0 Å². The molecule has 142 valence electrons. The molecule has 2 amide bonds. The van der Waals surface area contributed by atoms with Gasteiger partial charge in [-0.15, -0.1) is 0 Å². The fourth-order valence-corrected chi connectivity index (χ4v) is 3.59. The van der Waals surface area contributed by atoms with Gasteiger partial charge in [-0.25, -0.2) is 9.78 Å². The maximum absolute atomic E-state index is 12.6. The highest BCUT2D eigenvalue weighted by molar-refractivity contribution is 5.75. The molecule has 2 aromatic rings. The van der Waals surface area contributed by atoms with E-state index in [1.807, 2.05) is 36.1 Å². The molecule has 6 heteroatoms. The number of fused-ring (bicyclic) bond motifs is 1. The summed E-state index contributed by atoms with van der Waals surface area (Å²) < 4.78 is 0. The van der Waals surface area contributed by atoms with Crippen LogP contribution in [0, 0.1) is 0 Å². The number of aromatic amines is 1. The molecule has 0 spiro atoms. The minimum absolute atomic E-state index is 0.0478. The van der Waals surface area contributed by atoms with Crippen molar-refractivity contribution in [2.45, 2.75) is 52.1 Å². The van der Waals surface area contributed by atoms with E-state index < -0.39 is 0 Å². The number of benzene rings is 1. The quantitative estimate of drug-likeness (QED) is 0.835. The molecule has 2 heterocycles. The van der Waals surface area contributed by atoms with E-state index in [4.69, 9.17) is 0 Å². The Hall–Kier alpha value is -2.08. The summed E-state index contributed by atoms with van der Waals surface area (Å²) in [6, 6.07) is 8.94.